The molecule has 0 aliphatic carbocycles. The van der Waals surface area contributed by atoms with Crippen molar-refractivity contribution < 1.29 is 14.6 Å². The van der Waals surface area contributed by atoms with E-state index in [0.717, 1.165) is 31.5 Å². The fraction of sp³-hybridized carbons (Fsp3) is 0.600. The van der Waals surface area contributed by atoms with Crippen LogP contribution in [0.5, 0.6) is 11.5 Å². The lowest BCUT2D eigenvalue weighted by molar-refractivity contribution is 0.153. The summed E-state index contributed by atoms with van der Waals surface area (Å²) in [5.74, 6) is 1.26. The molecule has 1 saturated heterocycles. The van der Waals surface area contributed by atoms with Crippen LogP contribution in [-0.2, 0) is 6.54 Å². The predicted octanol–water partition coefficient (Wildman–Crippen LogP) is 2.70. The second kappa shape index (κ2) is 7.16. The molecule has 1 aliphatic heterocycles. The summed E-state index contributed by atoms with van der Waals surface area (Å²) >= 11 is 6.27. The van der Waals surface area contributed by atoms with Gasteiger partial charge < -0.3 is 14.6 Å². The Balaban J connectivity index is 2.18. The Labute approximate surface area is 125 Å². The van der Waals surface area contributed by atoms with Crippen LogP contribution >= 0.6 is 11.6 Å². The molecular weight excluding hydrogens is 278 g/mol. The first-order valence-corrected chi connectivity index (χ1v) is 7.41. The zero-order chi connectivity index (χ0) is 14.5. The van der Waals surface area contributed by atoms with Crippen LogP contribution in [0, 0.1) is 0 Å². The van der Waals surface area contributed by atoms with E-state index in [9.17, 15) is 5.11 Å². The van der Waals surface area contributed by atoms with E-state index in [1.165, 1.54) is 0 Å². The summed E-state index contributed by atoms with van der Waals surface area (Å²) in [7, 11) is 1.62. The lowest BCUT2D eigenvalue weighted by Gasteiger charge is -2.23. The summed E-state index contributed by atoms with van der Waals surface area (Å²) in [5.41, 5.74) is 1.08. The quantitative estimate of drug-likeness (QED) is 0.877. The van der Waals surface area contributed by atoms with E-state index in [0.29, 0.717) is 23.1 Å². The van der Waals surface area contributed by atoms with Crippen LogP contribution in [0.2, 0.25) is 5.02 Å². The Kier molecular flexibility index (Phi) is 5.52. The van der Waals surface area contributed by atoms with Crippen LogP contribution in [0.4, 0.5) is 0 Å². The van der Waals surface area contributed by atoms with E-state index in [4.69, 9.17) is 21.1 Å². The molecule has 20 heavy (non-hydrogen) atoms. The minimum absolute atomic E-state index is 0.210. The highest BCUT2D eigenvalue weighted by Crippen LogP contribution is 2.37. The maximum absolute atomic E-state index is 9.37. The fourth-order valence-corrected chi connectivity index (χ4v) is 2.98. The summed E-state index contributed by atoms with van der Waals surface area (Å²) in [6.07, 6.45) is 2.19. The summed E-state index contributed by atoms with van der Waals surface area (Å²) in [4.78, 5) is 2.28. The minimum Gasteiger partial charge on any atom is -0.493 e. The number of likely N-dealkylation sites (tertiary alicyclic amines) is 1. The molecule has 0 amide bonds. The first kappa shape index (κ1) is 15.4. The molecule has 0 unspecified atom stereocenters. The van der Waals surface area contributed by atoms with Gasteiger partial charge in [0.05, 0.1) is 25.3 Å². The van der Waals surface area contributed by atoms with E-state index in [1.54, 1.807) is 7.11 Å². The van der Waals surface area contributed by atoms with Crippen molar-refractivity contribution in [3.63, 3.8) is 0 Å². The highest BCUT2D eigenvalue weighted by atomic mass is 35.5. The number of aliphatic hydroxyl groups excluding tert-OH is 1. The smallest absolute Gasteiger partial charge is 0.179 e. The second-order valence-electron chi connectivity index (χ2n) is 4.99. The topological polar surface area (TPSA) is 41.9 Å². The molecule has 1 fully saturated rings. The third-order valence-corrected chi connectivity index (χ3v) is 3.95. The highest BCUT2D eigenvalue weighted by molar-refractivity contribution is 6.32. The summed E-state index contributed by atoms with van der Waals surface area (Å²) in [6, 6.07) is 4.14. The number of halogens is 1. The maximum atomic E-state index is 9.37. The average molecular weight is 300 g/mol. The lowest BCUT2D eigenvalue weighted by atomic mass is 10.1. The van der Waals surface area contributed by atoms with Gasteiger partial charge in [-0.25, -0.2) is 0 Å². The molecule has 0 bridgehead atoms. The van der Waals surface area contributed by atoms with Crippen molar-refractivity contribution >= 4 is 11.6 Å². The van der Waals surface area contributed by atoms with Crippen LogP contribution in [0.3, 0.4) is 0 Å². The number of ether oxygens (including phenoxy) is 2. The summed E-state index contributed by atoms with van der Waals surface area (Å²) < 4.78 is 10.9. The van der Waals surface area contributed by atoms with E-state index in [2.05, 4.69) is 4.90 Å². The first-order chi connectivity index (χ1) is 9.69. The molecule has 0 radical (unpaired) electrons. The Morgan fingerprint density at radius 2 is 2.25 bits per heavy atom. The van der Waals surface area contributed by atoms with Gasteiger partial charge >= 0.3 is 0 Å². The van der Waals surface area contributed by atoms with Crippen molar-refractivity contribution in [3.05, 3.63) is 22.7 Å². The van der Waals surface area contributed by atoms with Crippen molar-refractivity contribution in [2.75, 3.05) is 26.9 Å². The fourth-order valence-electron chi connectivity index (χ4n) is 2.69. The molecular formula is C15H22ClNO3. The van der Waals surface area contributed by atoms with Crippen LogP contribution < -0.4 is 9.47 Å². The van der Waals surface area contributed by atoms with E-state index >= 15 is 0 Å². The number of hydrogen-bond donors (Lipinski definition) is 1. The molecule has 0 saturated carbocycles. The van der Waals surface area contributed by atoms with Gasteiger partial charge in [-0.05, 0) is 44.0 Å². The molecule has 1 heterocycles. The molecule has 0 aromatic heterocycles. The number of hydrogen-bond acceptors (Lipinski definition) is 4. The number of methoxy groups -OCH3 is 1. The zero-order valence-electron chi connectivity index (χ0n) is 12.1. The van der Waals surface area contributed by atoms with Gasteiger partial charge in [0.1, 0.15) is 0 Å². The number of aliphatic hydroxyl groups is 1. The molecule has 1 aromatic carbocycles. The van der Waals surface area contributed by atoms with Gasteiger partial charge in [-0.1, -0.05) is 11.6 Å². The van der Waals surface area contributed by atoms with Crippen LogP contribution in [0.15, 0.2) is 12.1 Å². The molecule has 0 spiro atoms. The maximum Gasteiger partial charge on any atom is 0.179 e. The summed E-state index contributed by atoms with van der Waals surface area (Å²) in [6.45, 7) is 4.46. The van der Waals surface area contributed by atoms with Crippen LogP contribution in [-0.4, -0.2) is 42.9 Å². The van der Waals surface area contributed by atoms with Gasteiger partial charge in [0.25, 0.3) is 0 Å². The Morgan fingerprint density at radius 3 is 2.90 bits per heavy atom. The summed E-state index contributed by atoms with van der Waals surface area (Å²) in [5, 5.41) is 9.94. The number of benzene rings is 1. The Hall–Kier alpha value is -0.970. The van der Waals surface area contributed by atoms with Gasteiger partial charge in [0.15, 0.2) is 11.5 Å². The van der Waals surface area contributed by atoms with E-state index in [1.807, 2.05) is 19.1 Å². The monoisotopic (exact) mass is 299 g/mol. The van der Waals surface area contributed by atoms with Crippen molar-refractivity contribution in [3.8, 4) is 11.5 Å². The largest absolute Gasteiger partial charge is 0.493 e. The SMILES string of the molecule is CCOc1c(Cl)cc(CN2CCC[C@@H]2CO)cc1OC. The van der Waals surface area contributed by atoms with Crippen molar-refractivity contribution in [1.82, 2.24) is 4.90 Å². The minimum atomic E-state index is 0.210. The highest BCUT2D eigenvalue weighted by Gasteiger charge is 2.24. The second-order valence-corrected chi connectivity index (χ2v) is 5.40. The third-order valence-electron chi connectivity index (χ3n) is 3.67. The third kappa shape index (κ3) is 3.37. The van der Waals surface area contributed by atoms with Crippen molar-refractivity contribution in [2.24, 2.45) is 0 Å². The molecule has 2 rings (SSSR count). The zero-order valence-corrected chi connectivity index (χ0v) is 12.8. The van der Waals surface area contributed by atoms with Gasteiger partial charge in [-0.3, -0.25) is 4.90 Å². The molecule has 1 atom stereocenters. The molecule has 4 nitrogen and oxygen atoms in total. The van der Waals surface area contributed by atoms with Crippen molar-refractivity contribution in [2.45, 2.75) is 32.4 Å². The number of rotatable bonds is 6. The van der Waals surface area contributed by atoms with Gasteiger partial charge in [0.2, 0.25) is 0 Å². The lowest BCUT2D eigenvalue weighted by Crippen LogP contribution is -2.31. The van der Waals surface area contributed by atoms with E-state index in [-0.39, 0.29) is 12.6 Å². The standard InChI is InChI=1S/C15H22ClNO3/c1-3-20-15-13(16)7-11(8-14(15)19-2)9-17-6-4-5-12(17)10-18/h7-8,12,18H,3-6,9-10H2,1-2H3/t12-/m1/s1. The Bertz CT molecular complexity index is 453. The molecule has 1 N–H and O–H groups in total. The van der Waals surface area contributed by atoms with Gasteiger partial charge in [-0.2, -0.15) is 0 Å². The molecule has 112 valence electrons. The number of nitrogens with zero attached hydrogens (tertiary/aromatic N) is 1. The molecule has 5 heteroatoms. The van der Waals surface area contributed by atoms with E-state index < -0.39 is 0 Å². The van der Waals surface area contributed by atoms with Gasteiger partial charge in [-0.15, -0.1) is 0 Å². The average Bonchev–Trinajstić information content (AvgIpc) is 2.88. The normalized spacial score (nSPS) is 19.3. The van der Waals surface area contributed by atoms with Gasteiger partial charge in [0, 0.05) is 12.6 Å². The predicted molar refractivity (Wildman–Crippen MR) is 79.7 cm³/mol. The van der Waals surface area contributed by atoms with Crippen LogP contribution in [0.1, 0.15) is 25.3 Å². The molecule has 1 aliphatic rings. The first-order valence-electron chi connectivity index (χ1n) is 7.03. The molecule has 1 aromatic rings. The van der Waals surface area contributed by atoms with Crippen molar-refractivity contribution in [1.29, 1.82) is 0 Å². The van der Waals surface area contributed by atoms with Crippen LogP contribution in [0.25, 0.3) is 0 Å². The Morgan fingerprint density at radius 1 is 1.45 bits per heavy atom.